The molecule has 0 aliphatic carbocycles. The summed E-state index contributed by atoms with van der Waals surface area (Å²) in [7, 11) is 2.02. The molecule has 30 heavy (non-hydrogen) atoms. The van der Waals surface area contributed by atoms with E-state index in [9.17, 15) is 9.18 Å². The van der Waals surface area contributed by atoms with E-state index in [1.165, 1.54) is 12.5 Å². The highest BCUT2D eigenvalue weighted by atomic mass is 19.1. The molecule has 5 nitrogen and oxygen atoms in total. The number of halogens is 1. The fraction of sp³-hybridized carbons (Fsp3) is 0.167. The van der Waals surface area contributed by atoms with Crippen molar-refractivity contribution in [3.63, 3.8) is 0 Å². The van der Waals surface area contributed by atoms with E-state index in [0.29, 0.717) is 17.1 Å². The van der Waals surface area contributed by atoms with Crippen molar-refractivity contribution in [2.75, 3.05) is 5.32 Å². The number of carbonyl (C=O) groups is 1. The summed E-state index contributed by atoms with van der Waals surface area (Å²) >= 11 is 0. The molecule has 0 aliphatic rings. The van der Waals surface area contributed by atoms with Gasteiger partial charge in [0.25, 0.3) is 5.91 Å². The third-order valence-electron chi connectivity index (χ3n) is 4.82. The fourth-order valence-corrected chi connectivity index (χ4v) is 3.45. The number of rotatable bonds is 5. The summed E-state index contributed by atoms with van der Waals surface area (Å²) < 4.78 is 20.0. The molecule has 0 saturated heterocycles. The second-order valence-corrected chi connectivity index (χ2v) is 7.28. The number of anilines is 1. The zero-order valence-electron chi connectivity index (χ0n) is 17.0. The highest BCUT2D eigenvalue weighted by molar-refractivity contribution is 6.04. The van der Waals surface area contributed by atoms with E-state index in [0.717, 1.165) is 22.0 Å². The van der Waals surface area contributed by atoms with Crippen LogP contribution in [-0.4, -0.2) is 21.8 Å². The maximum absolute atomic E-state index is 12.9. The number of hydrogen-bond donors (Lipinski definition) is 1. The topological polar surface area (TPSA) is 56.1 Å². The molecule has 2 heterocycles. The van der Waals surface area contributed by atoms with Crippen molar-refractivity contribution in [1.82, 2.24) is 9.55 Å². The Hall–Kier alpha value is -3.67. The molecule has 1 amide bonds. The average molecular weight is 403 g/mol. The van der Waals surface area contributed by atoms with Crippen molar-refractivity contribution in [3.05, 3.63) is 78.1 Å². The van der Waals surface area contributed by atoms with Gasteiger partial charge in [-0.05, 0) is 65.9 Å². The first kappa shape index (κ1) is 19.6. The van der Waals surface area contributed by atoms with Crippen LogP contribution in [0.1, 0.15) is 22.8 Å². The number of aryl methyl sites for hydroxylation is 2. The molecule has 2 aromatic carbocycles. The normalized spacial score (nSPS) is 12.0. The maximum Gasteiger partial charge on any atom is 0.256 e. The number of carbonyl (C=O) groups excluding carboxylic acids is 1. The average Bonchev–Trinajstić information content (AvgIpc) is 3.05. The van der Waals surface area contributed by atoms with Crippen LogP contribution in [0.5, 0.6) is 5.75 Å². The van der Waals surface area contributed by atoms with Crippen LogP contribution in [0.3, 0.4) is 0 Å². The van der Waals surface area contributed by atoms with E-state index in [-0.39, 0.29) is 5.91 Å². The van der Waals surface area contributed by atoms with Crippen molar-refractivity contribution in [3.8, 4) is 17.0 Å². The van der Waals surface area contributed by atoms with Crippen LogP contribution in [0.2, 0.25) is 0 Å². The van der Waals surface area contributed by atoms with Crippen molar-refractivity contribution < 1.29 is 13.9 Å². The van der Waals surface area contributed by atoms with Crippen LogP contribution in [-0.2, 0) is 7.05 Å². The minimum atomic E-state index is -1.41. The predicted molar refractivity (Wildman–Crippen MR) is 116 cm³/mol. The lowest BCUT2D eigenvalue weighted by Crippen LogP contribution is -2.13. The van der Waals surface area contributed by atoms with Crippen molar-refractivity contribution >= 4 is 22.5 Å². The Kier molecular flexibility index (Phi) is 5.23. The summed E-state index contributed by atoms with van der Waals surface area (Å²) in [4.78, 5) is 16.9. The van der Waals surface area contributed by atoms with Gasteiger partial charge in [-0.2, -0.15) is 0 Å². The van der Waals surface area contributed by atoms with Gasteiger partial charge in [0, 0.05) is 43.0 Å². The van der Waals surface area contributed by atoms with Crippen LogP contribution in [0, 0.1) is 6.92 Å². The Bertz CT molecular complexity index is 1210. The molecular weight excluding hydrogens is 381 g/mol. The zero-order chi connectivity index (χ0) is 21.3. The molecular formula is C24H22FN3O2. The van der Waals surface area contributed by atoms with E-state index >= 15 is 0 Å². The Morgan fingerprint density at radius 3 is 2.53 bits per heavy atom. The number of nitrogens with zero attached hydrogens (tertiary/aromatic N) is 2. The number of ether oxygens (including phenoxy) is 1. The summed E-state index contributed by atoms with van der Waals surface area (Å²) in [5.74, 6) is 0.537. The largest absolute Gasteiger partial charge is 0.461 e. The Morgan fingerprint density at radius 1 is 1.10 bits per heavy atom. The number of nitrogens with one attached hydrogen (secondary N) is 1. The molecule has 2 aromatic heterocycles. The van der Waals surface area contributed by atoms with Crippen LogP contribution in [0.25, 0.3) is 22.0 Å². The first-order valence-corrected chi connectivity index (χ1v) is 9.64. The molecule has 4 aromatic rings. The number of amides is 1. The van der Waals surface area contributed by atoms with Gasteiger partial charge in [0.05, 0.1) is 0 Å². The van der Waals surface area contributed by atoms with Gasteiger partial charge in [0.15, 0.2) is 0 Å². The SMILES string of the molecule is Cc1cc(-c2ccc3cnc(NC(=O)c4ccc(OC(C)F)cc4)cc3c2)n(C)c1. The number of fused-ring (bicyclic) bond motifs is 1. The highest BCUT2D eigenvalue weighted by Gasteiger charge is 2.10. The van der Waals surface area contributed by atoms with Gasteiger partial charge in [-0.15, -0.1) is 0 Å². The fourth-order valence-electron chi connectivity index (χ4n) is 3.45. The molecule has 0 fully saturated rings. The molecule has 0 radical (unpaired) electrons. The summed E-state index contributed by atoms with van der Waals surface area (Å²) in [5, 5.41) is 4.79. The zero-order valence-corrected chi connectivity index (χ0v) is 17.0. The van der Waals surface area contributed by atoms with Crippen LogP contribution >= 0.6 is 0 Å². The smallest absolute Gasteiger partial charge is 0.256 e. The minimum Gasteiger partial charge on any atom is -0.461 e. The lowest BCUT2D eigenvalue weighted by molar-refractivity contribution is 0.0860. The molecule has 0 saturated carbocycles. The molecule has 1 atom stereocenters. The number of hydrogen-bond acceptors (Lipinski definition) is 3. The summed E-state index contributed by atoms with van der Waals surface area (Å²) in [6, 6.07) is 16.5. The second kappa shape index (κ2) is 7.99. The van der Waals surface area contributed by atoms with Crippen LogP contribution in [0.15, 0.2) is 67.0 Å². The van der Waals surface area contributed by atoms with Gasteiger partial charge in [0.2, 0.25) is 6.36 Å². The van der Waals surface area contributed by atoms with Gasteiger partial charge < -0.3 is 14.6 Å². The number of aromatic nitrogens is 2. The van der Waals surface area contributed by atoms with E-state index in [2.05, 4.69) is 46.2 Å². The van der Waals surface area contributed by atoms with Crippen molar-refractivity contribution in [1.29, 1.82) is 0 Å². The molecule has 4 rings (SSSR count). The summed E-state index contributed by atoms with van der Waals surface area (Å²) in [6.45, 7) is 3.37. The third kappa shape index (κ3) is 4.17. The first-order valence-electron chi connectivity index (χ1n) is 9.64. The first-order chi connectivity index (χ1) is 14.4. The summed E-state index contributed by atoms with van der Waals surface area (Å²) in [6.07, 6.45) is 2.42. The van der Waals surface area contributed by atoms with Gasteiger partial charge in [-0.25, -0.2) is 9.37 Å². The third-order valence-corrected chi connectivity index (χ3v) is 4.82. The second-order valence-electron chi connectivity index (χ2n) is 7.28. The van der Waals surface area contributed by atoms with Gasteiger partial charge in [0.1, 0.15) is 11.6 Å². The standard InChI is InChI=1S/C24H22FN3O2/c1-15-10-22(28(3)14-15)18-4-5-19-13-26-23(12-20(19)11-18)27-24(29)17-6-8-21(9-7-17)30-16(2)25/h4-14,16H,1-3H3,(H,26,27,29). The van der Waals surface area contributed by atoms with E-state index < -0.39 is 6.36 Å². The van der Waals surface area contributed by atoms with Crippen LogP contribution in [0.4, 0.5) is 10.2 Å². The van der Waals surface area contributed by atoms with Gasteiger partial charge in [-0.3, -0.25) is 4.79 Å². The van der Waals surface area contributed by atoms with Gasteiger partial charge >= 0.3 is 0 Å². The Balaban J connectivity index is 1.57. The molecule has 1 unspecified atom stereocenters. The molecule has 0 aliphatic heterocycles. The predicted octanol–water partition coefficient (Wildman–Crippen LogP) is 5.50. The molecule has 0 spiro atoms. The quantitative estimate of drug-likeness (QED) is 0.479. The minimum absolute atomic E-state index is 0.295. The Labute approximate surface area is 174 Å². The molecule has 0 bridgehead atoms. The van der Waals surface area contributed by atoms with E-state index in [1.807, 2.05) is 19.2 Å². The van der Waals surface area contributed by atoms with Crippen LogP contribution < -0.4 is 10.1 Å². The molecule has 6 heteroatoms. The molecule has 152 valence electrons. The van der Waals surface area contributed by atoms with Crippen molar-refractivity contribution in [2.24, 2.45) is 7.05 Å². The number of pyridine rings is 1. The number of alkyl halides is 1. The maximum atomic E-state index is 12.9. The van der Waals surface area contributed by atoms with Gasteiger partial charge in [-0.1, -0.05) is 12.1 Å². The van der Waals surface area contributed by atoms with E-state index in [4.69, 9.17) is 4.74 Å². The lowest BCUT2D eigenvalue weighted by Gasteiger charge is -2.09. The lowest BCUT2D eigenvalue weighted by atomic mass is 10.1. The monoisotopic (exact) mass is 403 g/mol. The Morgan fingerprint density at radius 2 is 1.87 bits per heavy atom. The molecule has 1 N–H and O–H groups in total. The van der Waals surface area contributed by atoms with Crippen molar-refractivity contribution in [2.45, 2.75) is 20.2 Å². The number of benzene rings is 2. The van der Waals surface area contributed by atoms with E-state index in [1.54, 1.807) is 30.5 Å². The highest BCUT2D eigenvalue weighted by Crippen LogP contribution is 2.27. The summed E-state index contributed by atoms with van der Waals surface area (Å²) in [5.41, 5.74) is 3.86.